The smallest absolute Gasteiger partial charge is 0.338 e. The summed E-state index contributed by atoms with van der Waals surface area (Å²) in [4.78, 5) is 10.9. The van der Waals surface area contributed by atoms with Crippen molar-refractivity contribution in [2.75, 3.05) is 4.72 Å². The lowest BCUT2D eigenvalue weighted by atomic mass is 10.1. The van der Waals surface area contributed by atoms with Crippen LogP contribution in [0.25, 0.3) is 0 Å². The minimum absolute atomic E-state index is 0.0336. The molecular weight excluding hydrogens is 340 g/mol. The molecule has 0 aliphatic carbocycles. The van der Waals surface area contributed by atoms with Crippen LogP contribution < -0.4 is 4.72 Å². The molecule has 0 fully saturated rings. The molecule has 2 aromatic carbocycles. The van der Waals surface area contributed by atoms with Crippen LogP contribution in [0.15, 0.2) is 29.2 Å². The van der Waals surface area contributed by atoms with E-state index in [0.29, 0.717) is 23.3 Å². The van der Waals surface area contributed by atoms with Crippen molar-refractivity contribution in [1.29, 1.82) is 0 Å². The first-order valence-corrected chi connectivity index (χ1v) is 8.34. The summed E-state index contributed by atoms with van der Waals surface area (Å²) in [6.45, 7) is 5.00. The van der Waals surface area contributed by atoms with Gasteiger partial charge in [0.15, 0.2) is 0 Å². The number of nitrogens with one attached hydrogen (secondary N) is 1. The van der Waals surface area contributed by atoms with E-state index in [1.165, 1.54) is 0 Å². The normalized spacial score (nSPS) is 11.4. The Morgan fingerprint density at radius 2 is 1.54 bits per heavy atom. The van der Waals surface area contributed by atoms with Crippen molar-refractivity contribution >= 4 is 21.7 Å². The van der Waals surface area contributed by atoms with Crippen molar-refractivity contribution in [2.24, 2.45) is 0 Å². The van der Waals surface area contributed by atoms with Crippen LogP contribution in [0.2, 0.25) is 0 Å². The lowest BCUT2D eigenvalue weighted by Crippen LogP contribution is -2.17. The van der Waals surface area contributed by atoms with Gasteiger partial charge in [-0.2, -0.15) is 0 Å². The number of carboxylic acid groups (broad SMARTS) is 1. The van der Waals surface area contributed by atoms with E-state index in [4.69, 9.17) is 5.11 Å². The van der Waals surface area contributed by atoms with E-state index in [0.717, 1.165) is 5.56 Å². The van der Waals surface area contributed by atoms with Gasteiger partial charge in [0.1, 0.15) is 11.6 Å². The number of hydrogen-bond donors (Lipinski definition) is 2. The van der Waals surface area contributed by atoms with Gasteiger partial charge in [-0.1, -0.05) is 17.7 Å². The molecular formula is C16H15F2NO4S. The van der Waals surface area contributed by atoms with Gasteiger partial charge in [0.05, 0.1) is 16.1 Å². The highest BCUT2D eigenvalue weighted by Gasteiger charge is 2.23. The van der Waals surface area contributed by atoms with E-state index in [1.807, 2.05) is 11.6 Å². The molecule has 8 heteroatoms. The SMILES string of the molecule is Cc1cc(C)c(S(=O)(=O)Nc2cc(C(=O)O)c(F)cc2F)c(C)c1. The Hall–Kier alpha value is -2.48. The van der Waals surface area contributed by atoms with Gasteiger partial charge in [0.25, 0.3) is 10.0 Å². The fourth-order valence-corrected chi connectivity index (χ4v) is 4.09. The quantitative estimate of drug-likeness (QED) is 0.881. The summed E-state index contributed by atoms with van der Waals surface area (Å²) in [5.41, 5.74) is 0.326. The molecule has 0 amide bonds. The Bertz CT molecular complexity index is 916. The second-order valence-corrected chi connectivity index (χ2v) is 7.07. The highest BCUT2D eigenvalue weighted by Crippen LogP contribution is 2.27. The van der Waals surface area contributed by atoms with Crippen molar-refractivity contribution in [2.45, 2.75) is 25.7 Å². The molecule has 0 atom stereocenters. The topological polar surface area (TPSA) is 83.5 Å². The van der Waals surface area contributed by atoms with Crippen molar-refractivity contribution in [3.05, 3.63) is 58.2 Å². The summed E-state index contributed by atoms with van der Waals surface area (Å²) in [6.07, 6.45) is 0. The molecule has 0 radical (unpaired) electrons. The Morgan fingerprint density at radius 3 is 2.04 bits per heavy atom. The number of hydrogen-bond acceptors (Lipinski definition) is 3. The van der Waals surface area contributed by atoms with Crippen LogP contribution in [-0.2, 0) is 10.0 Å². The van der Waals surface area contributed by atoms with Crippen molar-refractivity contribution in [3.8, 4) is 0 Å². The van der Waals surface area contributed by atoms with Crippen LogP contribution in [0.5, 0.6) is 0 Å². The van der Waals surface area contributed by atoms with Gasteiger partial charge >= 0.3 is 5.97 Å². The zero-order valence-corrected chi connectivity index (χ0v) is 14.0. The second-order valence-electron chi connectivity index (χ2n) is 5.45. The van der Waals surface area contributed by atoms with E-state index in [2.05, 4.69) is 0 Å². The molecule has 2 N–H and O–H groups in total. The first-order chi connectivity index (χ1) is 11.0. The summed E-state index contributed by atoms with van der Waals surface area (Å²) in [7, 11) is -4.17. The number of aromatic carboxylic acids is 1. The monoisotopic (exact) mass is 355 g/mol. The summed E-state index contributed by atoms with van der Waals surface area (Å²) in [5, 5.41) is 8.88. The Labute approximate surface area is 138 Å². The molecule has 2 rings (SSSR count). The molecule has 0 spiro atoms. The number of halogens is 2. The lowest BCUT2D eigenvalue weighted by Gasteiger charge is -2.15. The van der Waals surface area contributed by atoms with Crippen LogP contribution in [0.1, 0.15) is 27.0 Å². The number of carboxylic acids is 1. The van der Waals surface area contributed by atoms with Gasteiger partial charge in [-0.15, -0.1) is 0 Å². The van der Waals surface area contributed by atoms with Gasteiger partial charge in [0.2, 0.25) is 0 Å². The van der Waals surface area contributed by atoms with E-state index < -0.39 is 38.9 Å². The highest BCUT2D eigenvalue weighted by molar-refractivity contribution is 7.92. The van der Waals surface area contributed by atoms with Crippen molar-refractivity contribution in [1.82, 2.24) is 0 Å². The molecule has 0 aromatic heterocycles. The predicted molar refractivity (Wildman–Crippen MR) is 84.8 cm³/mol. The number of rotatable bonds is 4. The number of carbonyl (C=O) groups is 1. The van der Waals surface area contributed by atoms with E-state index >= 15 is 0 Å². The zero-order valence-electron chi connectivity index (χ0n) is 13.1. The van der Waals surface area contributed by atoms with Crippen LogP contribution in [0.4, 0.5) is 14.5 Å². The third-order valence-corrected chi connectivity index (χ3v) is 5.07. The summed E-state index contributed by atoms with van der Waals surface area (Å²) in [5.74, 6) is -4.12. The van der Waals surface area contributed by atoms with E-state index in [-0.39, 0.29) is 4.90 Å². The summed E-state index contributed by atoms with van der Waals surface area (Å²) >= 11 is 0. The second kappa shape index (κ2) is 6.20. The van der Waals surface area contributed by atoms with Gasteiger partial charge < -0.3 is 5.11 Å². The standard InChI is InChI=1S/C16H15F2NO4S/c1-8-4-9(2)15(10(3)5-8)24(22,23)19-14-6-11(16(20)21)12(17)7-13(14)18/h4-7,19H,1-3H3,(H,20,21). The molecule has 0 saturated heterocycles. The molecule has 0 bridgehead atoms. The maximum Gasteiger partial charge on any atom is 0.338 e. The predicted octanol–water partition coefficient (Wildman–Crippen LogP) is 3.39. The van der Waals surface area contributed by atoms with Crippen molar-refractivity contribution < 1.29 is 27.1 Å². The van der Waals surface area contributed by atoms with Gasteiger partial charge in [-0.25, -0.2) is 22.0 Å². The zero-order chi connectivity index (χ0) is 18.2. The van der Waals surface area contributed by atoms with Crippen LogP contribution in [0.3, 0.4) is 0 Å². The molecule has 128 valence electrons. The highest BCUT2D eigenvalue weighted by atomic mass is 32.2. The average Bonchev–Trinajstić information content (AvgIpc) is 2.39. The minimum Gasteiger partial charge on any atom is -0.478 e. The maximum atomic E-state index is 13.8. The molecule has 0 aliphatic rings. The number of anilines is 1. The van der Waals surface area contributed by atoms with E-state index in [1.54, 1.807) is 26.0 Å². The summed E-state index contributed by atoms with van der Waals surface area (Å²) < 4.78 is 54.4. The third-order valence-electron chi connectivity index (χ3n) is 3.40. The molecule has 2 aromatic rings. The lowest BCUT2D eigenvalue weighted by molar-refractivity contribution is 0.0692. The van der Waals surface area contributed by atoms with Crippen molar-refractivity contribution in [3.63, 3.8) is 0 Å². The van der Waals surface area contributed by atoms with Gasteiger partial charge in [-0.3, -0.25) is 4.72 Å². The molecule has 0 unspecified atom stereocenters. The first-order valence-electron chi connectivity index (χ1n) is 6.86. The Kier molecular flexibility index (Phi) is 4.61. The third kappa shape index (κ3) is 3.38. The average molecular weight is 355 g/mol. The molecule has 0 aliphatic heterocycles. The maximum absolute atomic E-state index is 13.8. The van der Waals surface area contributed by atoms with Gasteiger partial charge in [-0.05, 0) is 38.0 Å². The summed E-state index contributed by atoms with van der Waals surface area (Å²) in [6, 6.07) is 4.26. The van der Waals surface area contributed by atoms with Crippen LogP contribution in [-0.4, -0.2) is 19.5 Å². The molecule has 0 saturated carbocycles. The fraction of sp³-hybridized carbons (Fsp3) is 0.188. The van der Waals surface area contributed by atoms with Crippen LogP contribution >= 0.6 is 0 Å². The van der Waals surface area contributed by atoms with Gasteiger partial charge in [0, 0.05) is 6.07 Å². The molecule has 0 heterocycles. The minimum atomic E-state index is -4.17. The molecule has 24 heavy (non-hydrogen) atoms. The van der Waals surface area contributed by atoms with Crippen LogP contribution in [0, 0.1) is 32.4 Å². The Morgan fingerprint density at radius 1 is 1.00 bits per heavy atom. The number of benzene rings is 2. The molecule has 5 nitrogen and oxygen atoms in total. The fourth-order valence-electron chi connectivity index (χ4n) is 2.58. The largest absolute Gasteiger partial charge is 0.478 e. The first kappa shape index (κ1) is 17.9. The Balaban J connectivity index is 2.55. The number of sulfonamides is 1. The van der Waals surface area contributed by atoms with E-state index in [9.17, 15) is 22.0 Å². The number of aryl methyl sites for hydroxylation is 3.